The monoisotopic (exact) mass is 511 g/mol. The van der Waals surface area contributed by atoms with Crippen molar-refractivity contribution in [1.29, 1.82) is 0 Å². The smallest absolute Gasteiger partial charge is 0.391 e. The molecule has 35 heavy (non-hydrogen) atoms. The number of carbonyl (C=O) groups excluding carboxylic acids is 1. The van der Waals surface area contributed by atoms with E-state index in [1.165, 1.54) is 6.07 Å². The van der Waals surface area contributed by atoms with Gasteiger partial charge < -0.3 is 24.8 Å². The molecule has 2 heterocycles. The molecule has 1 fully saturated rings. The number of nitrogens with one attached hydrogen (secondary N) is 2. The van der Waals surface area contributed by atoms with Gasteiger partial charge >= 0.3 is 7.60 Å². The molecular formula is C25H26N3O5PS. The number of benzene rings is 2. The van der Waals surface area contributed by atoms with Crippen molar-refractivity contribution in [2.45, 2.75) is 44.7 Å². The second-order valence-corrected chi connectivity index (χ2v) is 11.4. The number of rotatable bonds is 6. The molecular weight excluding hydrogens is 485 g/mol. The van der Waals surface area contributed by atoms with Crippen LogP contribution in [0.1, 0.15) is 32.6 Å². The highest BCUT2D eigenvalue weighted by Gasteiger charge is 2.24. The Morgan fingerprint density at radius 3 is 2.63 bits per heavy atom. The van der Waals surface area contributed by atoms with E-state index in [-0.39, 0.29) is 23.5 Å². The summed E-state index contributed by atoms with van der Waals surface area (Å²) in [5.41, 5.74) is 3.27. The highest BCUT2D eigenvalue weighted by molar-refractivity contribution is 7.59. The van der Waals surface area contributed by atoms with E-state index in [0.717, 1.165) is 57.7 Å². The molecule has 4 aromatic rings. The van der Waals surface area contributed by atoms with Gasteiger partial charge in [-0.3, -0.25) is 9.36 Å². The van der Waals surface area contributed by atoms with Gasteiger partial charge in [0.05, 0.1) is 10.2 Å². The van der Waals surface area contributed by atoms with Crippen molar-refractivity contribution < 1.29 is 23.6 Å². The van der Waals surface area contributed by atoms with E-state index in [4.69, 9.17) is 9.40 Å². The number of amides is 1. The second kappa shape index (κ2) is 9.59. The van der Waals surface area contributed by atoms with Crippen molar-refractivity contribution in [3.8, 4) is 22.5 Å². The van der Waals surface area contributed by atoms with E-state index in [1.807, 2.05) is 42.5 Å². The molecule has 0 spiro atoms. The van der Waals surface area contributed by atoms with Gasteiger partial charge in [-0.25, -0.2) is 4.98 Å². The zero-order chi connectivity index (χ0) is 24.6. The van der Waals surface area contributed by atoms with Crippen LogP contribution in [0.4, 0.5) is 5.13 Å². The van der Waals surface area contributed by atoms with E-state index in [2.05, 4.69) is 10.6 Å². The molecule has 10 heteroatoms. The van der Waals surface area contributed by atoms with Crippen LogP contribution in [-0.4, -0.2) is 32.8 Å². The van der Waals surface area contributed by atoms with Crippen LogP contribution >= 0.6 is 18.9 Å². The standard InChI is InChI=1S/C25H26N3O5PS/c1-15(29)26-18-7-3-8-19(14-18)27-25-28-21-10-4-9-20(24(21)35-25)16-5-2-6-17(13-16)22-11-12-23(33-22)34(30,31)32/h2,4-6,9-13,18-19H,3,7-8,14H2,1H3,(H,26,29)(H,27,28)(H2,30,31,32). The van der Waals surface area contributed by atoms with Crippen molar-refractivity contribution in [3.05, 3.63) is 54.6 Å². The van der Waals surface area contributed by atoms with Crippen LogP contribution in [0, 0.1) is 0 Å². The van der Waals surface area contributed by atoms with Gasteiger partial charge in [0.1, 0.15) is 5.76 Å². The first-order valence-corrected chi connectivity index (χ1v) is 13.9. The summed E-state index contributed by atoms with van der Waals surface area (Å²) in [4.78, 5) is 35.0. The van der Waals surface area contributed by atoms with Crippen LogP contribution in [0.3, 0.4) is 0 Å². The fourth-order valence-corrected chi connectivity index (χ4v) is 6.19. The third-order valence-corrected chi connectivity index (χ3v) is 8.01. The maximum Gasteiger partial charge on any atom is 0.391 e. The molecule has 2 atom stereocenters. The SMILES string of the molecule is CC(=O)NC1CCCC(Nc2nc3cccc(-c4cccc(-c5ccc(P(=O)(O)O)o5)c4)c3s2)C1. The number of hydrogen-bond acceptors (Lipinski definition) is 6. The number of fused-ring (bicyclic) bond motifs is 1. The number of anilines is 1. The molecule has 2 aromatic heterocycles. The number of aromatic nitrogens is 1. The second-order valence-electron chi connectivity index (χ2n) is 8.84. The maximum atomic E-state index is 11.5. The normalized spacial score (nSPS) is 18.5. The molecule has 0 saturated heterocycles. The van der Waals surface area contributed by atoms with Crippen LogP contribution in [-0.2, 0) is 9.36 Å². The van der Waals surface area contributed by atoms with Gasteiger partial charge in [-0.15, -0.1) is 0 Å². The molecule has 2 unspecified atom stereocenters. The Morgan fingerprint density at radius 1 is 1.09 bits per heavy atom. The molecule has 4 N–H and O–H groups in total. The molecule has 5 rings (SSSR count). The molecule has 0 aliphatic heterocycles. The molecule has 0 bridgehead atoms. The van der Waals surface area contributed by atoms with Gasteiger partial charge in [-0.2, -0.15) is 0 Å². The Hall–Kier alpha value is -2.97. The van der Waals surface area contributed by atoms with Crippen LogP contribution in [0.2, 0.25) is 0 Å². The minimum atomic E-state index is -4.44. The highest BCUT2D eigenvalue weighted by Crippen LogP contribution is 2.39. The average Bonchev–Trinajstić information content (AvgIpc) is 3.46. The number of carbonyl (C=O) groups is 1. The van der Waals surface area contributed by atoms with Crippen molar-refractivity contribution in [3.63, 3.8) is 0 Å². The summed E-state index contributed by atoms with van der Waals surface area (Å²) in [5.74, 6) is 0.407. The zero-order valence-electron chi connectivity index (χ0n) is 19.1. The lowest BCUT2D eigenvalue weighted by molar-refractivity contribution is -0.119. The Labute approximate surface area is 206 Å². The fraction of sp³-hybridized carbons (Fsp3) is 0.280. The Bertz CT molecular complexity index is 1430. The number of thiazole rings is 1. The van der Waals surface area contributed by atoms with Crippen LogP contribution in [0.25, 0.3) is 32.7 Å². The lowest BCUT2D eigenvalue weighted by atomic mass is 9.91. The quantitative estimate of drug-likeness (QED) is 0.272. The largest absolute Gasteiger partial charge is 0.448 e. The van der Waals surface area contributed by atoms with E-state index in [1.54, 1.807) is 24.3 Å². The molecule has 1 aliphatic rings. The molecule has 2 aromatic carbocycles. The Kier molecular flexibility index (Phi) is 6.51. The number of hydrogen-bond donors (Lipinski definition) is 4. The Morgan fingerprint density at radius 2 is 1.86 bits per heavy atom. The van der Waals surface area contributed by atoms with Crippen LogP contribution in [0.15, 0.2) is 59.0 Å². The summed E-state index contributed by atoms with van der Waals surface area (Å²) in [6, 6.07) is 17.0. The third kappa shape index (κ3) is 5.33. The zero-order valence-corrected chi connectivity index (χ0v) is 20.8. The predicted molar refractivity (Wildman–Crippen MR) is 138 cm³/mol. The van der Waals surface area contributed by atoms with E-state index in [9.17, 15) is 19.1 Å². The first-order chi connectivity index (χ1) is 16.8. The van der Waals surface area contributed by atoms with Gasteiger partial charge in [-0.05, 0) is 55.5 Å². The minimum absolute atomic E-state index is 0.00927. The first-order valence-electron chi connectivity index (χ1n) is 11.5. The van der Waals surface area contributed by atoms with Gasteiger partial charge in [0.15, 0.2) is 5.13 Å². The predicted octanol–water partition coefficient (Wildman–Crippen LogP) is 4.89. The van der Waals surface area contributed by atoms with Gasteiger partial charge in [0.2, 0.25) is 11.4 Å². The van der Waals surface area contributed by atoms with E-state index in [0.29, 0.717) is 5.76 Å². The first kappa shape index (κ1) is 23.8. The van der Waals surface area contributed by atoms with Crippen molar-refractivity contribution in [2.24, 2.45) is 0 Å². The van der Waals surface area contributed by atoms with Gasteiger partial charge in [0.25, 0.3) is 0 Å². The van der Waals surface area contributed by atoms with Gasteiger partial charge in [0, 0.05) is 30.1 Å². The summed E-state index contributed by atoms with van der Waals surface area (Å²) < 4.78 is 18.0. The molecule has 1 saturated carbocycles. The van der Waals surface area contributed by atoms with E-state index < -0.39 is 7.60 Å². The van der Waals surface area contributed by atoms with Gasteiger partial charge in [-0.1, -0.05) is 41.7 Å². The fourth-order valence-electron chi connectivity index (χ4n) is 4.63. The van der Waals surface area contributed by atoms with Crippen molar-refractivity contribution in [1.82, 2.24) is 10.3 Å². The minimum Gasteiger partial charge on any atom is -0.448 e. The molecule has 1 aliphatic carbocycles. The van der Waals surface area contributed by atoms with E-state index >= 15 is 0 Å². The van der Waals surface area contributed by atoms with Crippen LogP contribution in [0.5, 0.6) is 0 Å². The molecule has 8 nitrogen and oxygen atoms in total. The summed E-state index contributed by atoms with van der Waals surface area (Å²) >= 11 is 1.60. The Balaban J connectivity index is 1.41. The summed E-state index contributed by atoms with van der Waals surface area (Å²) in [6.07, 6.45) is 3.98. The van der Waals surface area contributed by atoms with Crippen molar-refractivity contribution >= 4 is 45.7 Å². The van der Waals surface area contributed by atoms with Crippen molar-refractivity contribution in [2.75, 3.05) is 5.32 Å². The average molecular weight is 512 g/mol. The summed E-state index contributed by atoms with van der Waals surface area (Å²) in [7, 11) is -4.44. The maximum absolute atomic E-state index is 11.5. The lowest BCUT2D eigenvalue weighted by Crippen LogP contribution is -2.40. The number of nitrogens with zero attached hydrogens (tertiary/aromatic N) is 1. The molecule has 0 radical (unpaired) electrons. The topological polar surface area (TPSA) is 125 Å². The third-order valence-electron chi connectivity index (χ3n) is 6.16. The molecule has 182 valence electrons. The molecule has 1 amide bonds. The van der Waals surface area contributed by atoms with Crippen LogP contribution < -0.4 is 16.1 Å². The lowest BCUT2D eigenvalue weighted by Gasteiger charge is -2.29. The summed E-state index contributed by atoms with van der Waals surface area (Å²) in [5, 5.41) is 7.47. The number of furan rings is 1. The highest BCUT2D eigenvalue weighted by atomic mass is 32.1. The summed E-state index contributed by atoms with van der Waals surface area (Å²) in [6.45, 7) is 1.56.